The van der Waals surface area contributed by atoms with E-state index in [-0.39, 0.29) is 11.1 Å². The van der Waals surface area contributed by atoms with Crippen LogP contribution in [0.4, 0.5) is 0 Å². The van der Waals surface area contributed by atoms with Crippen LogP contribution in [-0.4, -0.2) is 19.1 Å². The van der Waals surface area contributed by atoms with Gasteiger partial charge in [-0.1, -0.05) is 23.9 Å². The molecule has 6 nitrogen and oxygen atoms in total. The second kappa shape index (κ2) is 6.61. The molecule has 0 fully saturated rings. The summed E-state index contributed by atoms with van der Waals surface area (Å²) >= 11 is 2.95. The van der Waals surface area contributed by atoms with Gasteiger partial charge in [-0.2, -0.15) is 0 Å². The van der Waals surface area contributed by atoms with Crippen LogP contribution in [0.2, 0.25) is 0 Å². The van der Waals surface area contributed by atoms with Crippen molar-refractivity contribution in [2.45, 2.75) is 24.8 Å². The largest absolute Gasteiger partial charge is 0.299 e. The van der Waals surface area contributed by atoms with Crippen molar-refractivity contribution in [1.82, 2.24) is 19.1 Å². The molecule has 0 saturated heterocycles. The lowest BCUT2D eigenvalue weighted by Crippen LogP contribution is -2.22. The molecule has 4 rings (SSSR count). The summed E-state index contributed by atoms with van der Waals surface area (Å²) in [6, 6.07) is 7.32. The Morgan fingerprint density at radius 2 is 1.78 bits per heavy atom. The van der Waals surface area contributed by atoms with Gasteiger partial charge in [-0.15, -0.1) is 11.3 Å². The third-order valence-electron chi connectivity index (χ3n) is 4.78. The van der Waals surface area contributed by atoms with Gasteiger partial charge in [0.25, 0.3) is 11.1 Å². The monoisotopic (exact) mass is 398 g/mol. The molecule has 3 aromatic heterocycles. The maximum absolute atomic E-state index is 12.7. The molecule has 138 valence electrons. The molecule has 0 amide bonds. The number of thiophene rings is 1. The van der Waals surface area contributed by atoms with Crippen molar-refractivity contribution >= 4 is 44.2 Å². The molecule has 1 aromatic carbocycles. The van der Waals surface area contributed by atoms with Gasteiger partial charge in [-0.05, 0) is 31.5 Å². The SMILES string of the molecule is Cc1sc2nc(SCc3nc4ccccc4c(=O)n3C)n(C)c(=O)c2c1C. The van der Waals surface area contributed by atoms with Gasteiger partial charge in [0, 0.05) is 19.0 Å². The molecule has 0 aliphatic rings. The molecule has 0 bridgehead atoms. The van der Waals surface area contributed by atoms with Crippen LogP contribution in [-0.2, 0) is 19.8 Å². The number of rotatable bonds is 3. The van der Waals surface area contributed by atoms with Crippen LogP contribution < -0.4 is 11.1 Å². The first-order valence-corrected chi connectivity index (χ1v) is 10.2. The molecule has 0 spiro atoms. The van der Waals surface area contributed by atoms with Crippen LogP contribution in [0.3, 0.4) is 0 Å². The minimum absolute atomic E-state index is 0.0373. The summed E-state index contributed by atoms with van der Waals surface area (Å²) in [5, 5.41) is 1.92. The Balaban J connectivity index is 1.75. The standard InChI is InChI=1S/C19H18N4O2S2/c1-10-11(2)27-16-15(10)18(25)23(4)19(21-16)26-9-14-20-13-8-6-5-7-12(13)17(24)22(14)3/h5-8H,9H2,1-4H3. The van der Waals surface area contributed by atoms with Gasteiger partial charge in [-0.25, -0.2) is 9.97 Å². The smallest absolute Gasteiger partial charge is 0.262 e. The molecule has 0 aliphatic heterocycles. The van der Waals surface area contributed by atoms with E-state index in [2.05, 4.69) is 9.97 Å². The van der Waals surface area contributed by atoms with Crippen molar-refractivity contribution in [1.29, 1.82) is 0 Å². The second-order valence-corrected chi connectivity index (χ2v) is 8.57. The van der Waals surface area contributed by atoms with E-state index >= 15 is 0 Å². The highest BCUT2D eigenvalue weighted by atomic mass is 32.2. The van der Waals surface area contributed by atoms with E-state index in [1.165, 1.54) is 23.1 Å². The summed E-state index contributed by atoms with van der Waals surface area (Å²) in [6.45, 7) is 3.96. The zero-order valence-corrected chi connectivity index (χ0v) is 17.1. The number of nitrogens with zero attached hydrogens (tertiary/aromatic N) is 4. The van der Waals surface area contributed by atoms with Crippen LogP contribution >= 0.6 is 23.1 Å². The molecule has 27 heavy (non-hydrogen) atoms. The maximum Gasteiger partial charge on any atom is 0.262 e. The van der Waals surface area contributed by atoms with E-state index in [9.17, 15) is 9.59 Å². The minimum atomic E-state index is -0.0713. The quantitative estimate of drug-likeness (QED) is 0.392. The van der Waals surface area contributed by atoms with Crippen molar-refractivity contribution in [3.05, 3.63) is 61.2 Å². The lowest BCUT2D eigenvalue weighted by atomic mass is 10.2. The molecule has 8 heteroatoms. The molecular weight excluding hydrogens is 380 g/mol. The first-order valence-electron chi connectivity index (χ1n) is 8.42. The number of benzene rings is 1. The number of fused-ring (bicyclic) bond motifs is 2. The number of aromatic nitrogens is 4. The van der Waals surface area contributed by atoms with Gasteiger partial charge in [0.05, 0.1) is 22.0 Å². The van der Waals surface area contributed by atoms with Gasteiger partial charge in [-0.3, -0.25) is 18.7 Å². The number of thioether (sulfide) groups is 1. The van der Waals surface area contributed by atoms with Crippen LogP contribution in [0.5, 0.6) is 0 Å². The van der Waals surface area contributed by atoms with E-state index in [4.69, 9.17) is 0 Å². The fourth-order valence-electron chi connectivity index (χ4n) is 3.01. The number of para-hydroxylation sites is 1. The topological polar surface area (TPSA) is 69.8 Å². The zero-order chi connectivity index (χ0) is 19.3. The van der Waals surface area contributed by atoms with Crippen LogP contribution in [0.25, 0.3) is 21.1 Å². The summed E-state index contributed by atoms with van der Waals surface area (Å²) in [6.07, 6.45) is 0. The first kappa shape index (κ1) is 17.9. The maximum atomic E-state index is 12.7. The van der Waals surface area contributed by atoms with E-state index in [1.807, 2.05) is 32.0 Å². The Bertz CT molecular complexity index is 1320. The molecule has 0 radical (unpaired) electrons. The van der Waals surface area contributed by atoms with Crippen LogP contribution in [0.15, 0.2) is 39.0 Å². The van der Waals surface area contributed by atoms with Gasteiger partial charge in [0.15, 0.2) is 5.16 Å². The van der Waals surface area contributed by atoms with Crippen molar-refractivity contribution in [3.8, 4) is 0 Å². The van der Waals surface area contributed by atoms with Crippen molar-refractivity contribution in [2.75, 3.05) is 0 Å². The van der Waals surface area contributed by atoms with E-state index in [0.717, 1.165) is 15.3 Å². The molecule has 3 heterocycles. The molecule has 0 atom stereocenters. The lowest BCUT2D eigenvalue weighted by molar-refractivity contribution is 0.724. The van der Waals surface area contributed by atoms with Gasteiger partial charge >= 0.3 is 0 Å². The van der Waals surface area contributed by atoms with E-state index in [1.54, 1.807) is 29.3 Å². The zero-order valence-electron chi connectivity index (χ0n) is 15.4. The predicted molar refractivity (Wildman–Crippen MR) is 111 cm³/mol. The van der Waals surface area contributed by atoms with Gasteiger partial charge in [0.2, 0.25) is 0 Å². The number of aryl methyl sites for hydroxylation is 2. The fraction of sp³-hybridized carbons (Fsp3) is 0.263. The molecule has 0 saturated carbocycles. The van der Waals surface area contributed by atoms with Crippen molar-refractivity contribution in [3.63, 3.8) is 0 Å². The van der Waals surface area contributed by atoms with Gasteiger partial charge in [0.1, 0.15) is 10.7 Å². The molecule has 0 unspecified atom stereocenters. The van der Waals surface area contributed by atoms with Crippen LogP contribution in [0.1, 0.15) is 16.3 Å². The Morgan fingerprint density at radius 3 is 2.56 bits per heavy atom. The molecule has 0 aliphatic carbocycles. The Labute approximate surface area is 163 Å². The minimum Gasteiger partial charge on any atom is -0.299 e. The lowest BCUT2D eigenvalue weighted by Gasteiger charge is -2.10. The average molecular weight is 399 g/mol. The Kier molecular flexibility index (Phi) is 4.39. The summed E-state index contributed by atoms with van der Waals surface area (Å²) in [7, 11) is 3.45. The fourth-order valence-corrected chi connectivity index (χ4v) is 5.03. The van der Waals surface area contributed by atoms with Gasteiger partial charge < -0.3 is 0 Å². The summed E-state index contributed by atoms with van der Waals surface area (Å²) in [5.41, 5.74) is 1.57. The third kappa shape index (κ3) is 2.89. The second-order valence-electron chi connectivity index (χ2n) is 6.42. The van der Waals surface area contributed by atoms with Crippen LogP contribution in [0, 0.1) is 13.8 Å². The molecular formula is C19H18N4O2S2. The van der Waals surface area contributed by atoms with E-state index in [0.29, 0.717) is 33.0 Å². The van der Waals surface area contributed by atoms with Crippen molar-refractivity contribution in [2.24, 2.45) is 14.1 Å². The Hall–Kier alpha value is -2.45. The summed E-state index contributed by atoms with van der Waals surface area (Å²) < 4.78 is 3.14. The molecule has 4 aromatic rings. The predicted octanol–water partition coefficient (Wildman–Crippen LogP) is 3.15. The normalized spacial score (nSPS) is 11.6. The highest BCUT2D eigenvalue weighted by Gasteiger charge is 2.16. The summed E-state index contributed by atoms with van der Waals surface area (Å²) in [4.78, 5) is 36.4. The summed E-state index contributed by atoms with van der Waals surface area (Å²) in [5.74, 6) is 1.10. The number of hydrogen-bond donors (Lipinski definition) is 0. The molecule has 0 N–H and O–H groups in total. The third-order valence-corrected chi connectivity index (χ3v) is 6.90. The highest BCUT2D eigenvalue weighted by Crippen LogP contribution is 2.28. The van der Waals surface area contributed by atoms with Crippen molar-refractivity contribution < 1.29 is 0 Å². The van der Waals surface area contributed by atoms with E-state index < -0.39 is 0 Å². The Morgan fingerprint density at radius 1 is 1.04 bits per heavy atom. The highest BCUT2D eigenvalue weighted by molar-refractivity contribution is 7.98. The first-order chi connectivity index (χ1) is 12.9. The average Bonchev–Trinajstić information content (AvgIpc) is 2.94. The number of hydrogen-bond acceptors (Lipinski definition) is 6.